The molecule has 0 aromatic heterocycles. The molecule has 0 spiro atoms. The summed E-state index contributed by atoms with van der Waals surface area (Å²) in [4.78, 5) is 26.4. The van der Waals surface area contributed by atoms with E-state index in [4.69, 9.17) is 9.47 Å². The van der Waals surface area contributed by atoms with Crippen molar-refractivity contribution >= 4 is 29.0 Å². The standard InChI is InChI=1S/C25H24N2O4S/c1-5-8-18-11-17(13-22-24(28)27(16(2)3)25(29)32-22)12-21(30-4)23(18)31-15-20-10-7-6-9-19(20)14-26/h5-7,9-13,16H,1,8,15H2,2-4H3. The fraction of sp³-hybridized carbons (Fsp3) is 0.240. The molecule has 3 rings (SSSR count). The molecule has 1 aliphatic heterocycles. The molecule has 1 heterocycles. The number of rotatable bonds is 8. The van der Waals surface area contributed by atoms with E-state index >= 15 is 0 Å². The van der Waals surface area contributed by atoms with Crippen LogP contribution >= 0.6 is 11.8 Å². The highest BCUT2D eigenvalue weighted by Crippen LogP contribution is 2.38. The van der Waals surface area contributed by atoms with Crippen LogP contribution in [0.25, 0.3) is 6.08 Å². The third-order valence-electron chi connectivity index (χ3n) is 4.89. The first-order valence-corrected chi connectivity index (χ1v) is 10.9. The van der Waals surface area contributed by atoms with Crippen molar-refractivity contribution in [3.63, 3.8) is 0 Å². The fourth-order valence-corrected chi connectivity index (χ4v) is 4.33. The van der Waals surface area contributed by atoms with Gasteiger partial charge in [-0.15, -0.1) is 6.58 Å². The lowest BCUT2D eigenvalue weighted by Gasteiger charge is -2.17. The van der Waals surface area contributed by atoms with Crippen molar-refractivity contribution in [3.05, 3.63) is 76.2 Å². The van der Waals surface area contributed by atoms with Crippen molar-refractivity contribution in [2.45, 2.75) is 32.9 Å². The lowest BCUT2D eigenvalue weighted by atomic mass is 10.0. The Labute approximate surface area is 192 Å². The van der Waals surface area contributed by atoms with Crippen molar-refractivity contribution in [3.8, 4) is 17.6 Å². The molecule has 32 heavy (non-hydrogen) atoms. The molecular formula is C25H24N2O4S. The number of nitriles is 1. The smallest absolute Gasteiger partial charge is 0.293 e. The summed E-state index contributed by atoms with van der Waals surface area (Å²) in [5.41, 5.74) is 2.86. The van der Waals surface area contributed by atoms with Gasteiger partial charge in [0.15, 0.2) is 11.5 Å². The summed E-state index contributed by atoms with van der Waals surface area (Å²) < 4.78 is 11.6. The van der Waals surface area contributed by atoms with Crippen LogP contribution in [0.2, 0.25) is 0 Å². The molecule has 0 aliphatic carbocycles. The van der Waals surface area contributed by atoms with Crippen molar-refractivity contribution in [1.29, 1.82) is 5.26 Å². The summed E-state index contributed by atoms with van der Waals surface area (Å²) in [6.45, 7) is 7.64. The molecule has 7 heteroatoms. The van der Waals surface area contributed by atoms with Crippen molar-refractivity contribution in [2.75, 3.05) is 7.11 Å². The minimum atomic E-state index is -0.298. The van der Waals surface area contributed by atoms with Crippen LogP contribution in [0, 0.1) is 11.3 Å². The summed E-state index contributed by atoms with van der Waals surface area (Å²) in [5.74, 6) is 0.744. The molecule has 0 unspecified atom stereocenters. The maximum Gasteiger partial charge on any atom is 0.293 e. The maximum atomic E-state index is 12.6. The number of thioether (sulfide) groups is 1. The molecule has 0 N–H and O–H groups in total. The zero-order chi connectivity index (χ0) is 23.3. The zero-order valence-electron chi connectivity index (χ0n) is 18.3. The second kappa shape index (κ2) is 10.2. The average Bonchev–Trinajstić information content (AvgIpc) is 3.05. The van der Waals surface area contributed by atoms with Gasteiger partial charge in [0.25, 0.3) is 11.1 Å². The van der Waals surface area contributed by atoms with Crippen LogP contribution in [0.4, 0.5) is 4.79 Å². The minimum absolute atomic E-state index is 0.202. The Balaban J connectivity index is 1.95. The molecular weight excluding hydrogens is 424 g/mol. The van der Waals surface area contributed by atoms with E-state index in [0.717, 1.165) is 28.5 Å². The van der Waals surface area contributed by atoms with Gasteiger partial charge in [-0.1, -0.05) is 24.3 Å². The van der Waals surface area contributed by atoms with Gasteiger partial charge in [-0.2, -0.15) is 5.26 Å². The Kier molecular flexibility index (Phi) is 7.39. The highest BCUT2D eigenvalue weighted by molar-refractivity contribution is 8.18. The first-order valence-electron chi connectivity index (χ1n) is 10.1. The van der Waals surface area contributed by atoms with E-state index in [0.29, 0.717) is 28.4 Å². The number of imide groups is 1. The van der Waals surface area contributed by atoms with E-state index in [1.165, 1.54) is 4.90 Å². The molecule has 0 atom stereocenters. The van der Waals surface area contributed by atoms with Crippen molar-refractivity contribution < 1.29 is 19.1 Å². The van der Waals surface area contributed by atoms with Gasteiger partial charge < -0.3 is 9.47 Å². The Bertz CT molecular complexity index is 1130. The van der Waals surface area contributed by atoms with Crippen molar-refractivity contribution in [1.82, 2.24) is 4.90 Å². The first kappa shape index (κ1) is 23.2. The Morgan fingerprint density at radius 2 is 1.97 bits per heavy atom. The number of carbonyl (C=O) groups is 2. The van der Waals surface area contributed by atoms with E-state index in [2.05, 4.69) is 12.6 Å². The van der Waals surface area contributed by atoms with Gasteiger partial charge in [0, 0.05) is 17.2 Å². The lowest BCUT2D eigenvalue weighted by molar-refractivity contribution is -0.123. The first-order chi connectivity index (χ1) is 15.4. The van der Waals surface area contributed by atoms with Crippen LogP contribution in [0.15, 0.2) is 54.0 Å². The normalized spacial score (nSPS) is 14.7. The number of benzene rings is 2. The van der Waals surface area contributed by atoms with Gasteiger partial charge in [-0.25, -0.2) is 0 Å². The zero-order valence-corrected chi connectivity index (χ0v) is 19.1. The number of carbonyl (C=O) groups excluding carboxylic acids is 2. The van der Waals surface area contributed by atoms with E-state index in [9.17, 15) is 14.9 Å². The van der Waals surface area contributed by atoms with Crippen LogP contribution < -0.4 is 9.47 Å². The Morgan fingerprint density at radius 3 is 2.59 bits per heavy atom. The molecule has 6 nitrogen and oxygen atoms in total. The maximum absolute atomic E-state index is 12.6. The monoisotopic (exact) mass is 448 g/mol. The van der Waals surface area contributed by atoms with Crippen LogP contribution in [-0.2, 0) is 17.8 Å². The number of ether oxygens (including phenoxy) is 2. The summed E-state index contributed by atoms with van der Waals surface area (Å²) >= 11 is 0.929. The van der Waals surface area contributed by atoms with Crippen molar-refractivity contribution in [2.24, 2.45) is 0 Å². The van der Waals surface area contributed by atoms with Crippen LogP contribution in [0.3, 0.4) is 0 Å². The van der Waals surface area contributed by atoms with Gasteiger partial charge >= 0.3 is 0 Å². The molecule has 2 aromatic rings. The number of hydrogen-bond acceptors (Lipinski definition) is 6. The molecule has 0 saturated carbocycles. The molecule has 164 valence electrons. The van der Waals surface area contributed by atoms with Gasteiger partial charge in [0.05, 0.1) is 23.6 Å². The summed E-state index contributed by atoms with van der Waals surface area (Å²) in [7, 11) is 1.54. The third kappa shape index (κ3) is 4.87. The number of amides is 2. The Morgan fingerprint density at radius 1 is 1.22 bits per heavy atom. The number of methoxy groups -OCH3 is 1. The second-order valence-corrected chi connectivity index (χ2v) is 8.40. The minimum Gasteiger partial charge on any atom is -0.493 e. The largest absolute Gasteiger partial charge is 0.493 e. The summed E-state index contributed by atoms with van der Waals surface area (Å²) in [6, 6.07) is 12.9. The lowest BCUT2D eigenvalue weighted by Crippen LogP contribution is -2.34. The van der Waals surface area contributed by atoms with Gasteiger partial charge in [-0.05, 0) is 61.9 Å². The van der Waals surface area contributed by atoms with E-state index < -0.39 is 0 Å². The molecule has 1 fully saturated rings. The molecule has 1 saturated heterocycles. The highest BCUT2D eigenvalue weighted by Gasteiger charge is 2.36. The molecule has 0 bridgehead atoms. The summed E-state index contributed by atoms with van der Waals surface area (Å²) in [6.07, 6.45) is 3.96. The second-order valence-electron chi connectivity index (χ2n) is 7.41. The highest BCUT2D eigenvalue weighted by atomic mass is 32.2. The van der Waals surface area contributed by atoms with Crippen LogP contribution in [0.5, 0.6) is 11.5 Å². The van der Waals surface area contributed by atoms with Crippen LogP contribution in [-0.4, -0.2) is 29.2 Å². The quantitative estimate of drug-likeness (QED) is 0.402. The van der Waals surface area contributed by atoms with Crippen LogP contribution in [0.1, 0.15) is 36.1 Å². The molecule has 2 aromatic carbocycles. The Hall–Kier alpha value is -3.50. The van der Waals surface area contributed by atoms with Gasteiger partial charge in [0.2, 0.25) is 0 Å². The van der Waals surface area contributed by atoms with E-state index in [-0.39, 0.29) is 23.8 Å². The molecule has 0 radical (unpaired) electrons. The number of nitrogens with zero attached hydrogens (tertiary/aromatic N) is 2. The predicted octanol–water partition coefficient (Wildman–Crippen LogP) is 5.32. The van der Waals surface area contributed by atoms with E-state index in [1.807, 2.05) is 24.3 Å². The summed E-state index contributed by atoms with van der Waals surface area (Å²) in [5, 5.41) is 9.04. The molecule has 2 amide bonds. The topological polar surface area (TPSA) is 79.6 Å². The fourth-order valence-electron chi connectivity index (χ4n) is 3.37. The predicted molar refractivity (Wildman–Crippen MR) is 125 cm³/mol. The number of allylic oxidation sites excluding steroid dienone is 1. The van der Waals surface area contributed by atoms with Gasteiger partial charge in [0.1, 0.15) is 6.61 Å². The number of hydrogen-bond donors (Lipinski definition) is 0. The SMILES string of the molecule is C=CCc1cc(C=C2SC(=O)N(C(C)C)C2=O)cc(OC)c1OCc1ccccc1C#N. The third-order valence-corrected chi connectivity index (χ3v) is 5.77. The average molecular weight is 449 g/mol. The van der Waals surface area contributed by atoms with E-state index in [1.54, 1.807) is 45.2 Å². The van der Waals surface area contributed by atoms with Gasteiger partial charge in [-0.3, -0.25) is 14.5 Å². The molecule has 1 aliphatic rings.